The van der Waals surface area contributed by atoms with Crippen LogP contribution < -0.4 is 10.1 Å². The normalized spacial score (nSPS) is 14.2. The SMILES string of the molecule is COc1ccc(-c2n[nH]c(CNC3=NCCN3C)n2)cc1. The van der Waals surface area contributed by atoms with Gasteiger partial charge >= 0.3 is 0 Å². The summed E-state index contributed by atoms with van der Waals surface area (Å²) in [6, 6.07) is 7.67. The lowest BCUT2D eigenvalue weighted by Gasteiger charge is -2.13. The van der Waals surface area contributed by atoms with Gasteiger partial charge in [-0.2, -0.15) is 5.10 Å². The predicted molar refractivity (Wildman–Crippen MR) is 80.1 cm³/mol. The number of hydrogen-bond donors (Lipinski definition) is 2. The van der Waals surface area contributed by atoms with Gasteiger partial charge in [0.2, 0.25) is 0 Å². The van der Waals surface area contributed by atoms with Crippen molar-refractivity contribution in [2.24, 2.45) is 4.99 Å². The fourth-order valence-corrected chi connectivity index (χ4v) is 2.13. The van der Waals surface area contributed by atoms with Crippen LogP contribution in [0.25, 0.3) is 11.4 Å². The largest absolute Gasteiger partial charge is 0.497 e. The molecule has 7 heteroatoms. The number of benzene rings is 1. The number of rotatable bonds is 4. The van der Waals surface area contributed by atoms with Crippen LogP contribution in [0.1, 0.15) is 5.82 Å². The van der Waals surface area contributed by atoms with Gasteiger partial charge in [-0.15, -0.1) is 0 Å². The van der Waals surface area contributed by atoms with Crippen molar-refractivity contribution in [2.45, 2.75) is 6.54 Å². The fraction of sp³-hybridized carbons (Fsp3) is 0.357. The molecule has 0 unspecified atom stereocenters. The number of guanidine groups is 1. The first-order chi connectivity index (χ1) is 10.3. The molecule has 2 heterocycles. The molecule has 21 heavy (non-hydrogen) atoms. The van der Waals surface area contributed by atoms with Crippen LogP contribution in [0, 0.1) is 0 Å². The van der Waals surface area contributed by atoms with E-state index in [-0.39, 0.29) is 0 Å². The van der Waals surface area contributed by atoms with Crippen LogP contribution >= 0.6 is 0 Å². The van der Waals surface area contributed by atoms with E-state index in [0.717, 1.165) is 36.2 Å². The van der Waals surface area contributed by atoms with Crippen molar-refractivity contribution >= 4 is 5.96 Å². The van der Waals surface area contributed by atoms with Crippen molar-refractivity contribution in [2.75, 3.05) is 27.2 Å². The van der Waals surface area contributed by atoms with Crippen LogP contribution in [0.2, 0.25) is 0 Å². The Bertz CT molecular complexity index is 633. The highest BCUT2D eigenvalue weighted by Gasteiger charge is 2.12. The Labute approximate surface area is 123 Å². The number of nitrogens with one attached hydrogen (secondary N) is 2. The van der Waals surface area contributed by atoms with E-state index in [1.54, 1.807) is 7.11 Å². The third-order valence-electron chi connectivity index (χ3n) is 3.35. The maximum Gasteiger partial charge on any atom is 0.194 e. The molecule has 0 aliphatic carbocycles. The molecule has 2 aromatic rings. The molecule has 0 saturated carbocycles. The summed E-state index contributed by atoms with van der Waals surface area (Å²) in [5.74, 6) is 3.18. The van der Waals surface area contributed by atoms with Crippen LogP contribution in [0.4, 0.5) is 0 Å². The van der Waals surface area contributed by atoms with Crippen LogP contribution in [-0.2, 0) is 6.54 Å². The molecule has 2 N–H and O–H groups in total. The predicted octanol–water partition coefficient (Wildman–Crippen LogP) is 0.871. The highest BCUT2D eigenvalue weighted by molar-refractivity contribution is 5.81. The Hall–Kier alpha value is -2.57. The third kappa shape index (κ3) is 2.96. The van der Waals surface area contributed by atoms with Gasteiger partial charge in [0.15, 0.2) is 11.8 Å². The second kappa shape index (κ2) is 5.82. The lowest BCUT2D eigenvalue weighted by atomic mass is 10.2. The minimum atomic E-state index is 0.576. The number of nitrogens with zero attached hydrogens (tertiary/aromatic N) is 4. The highest BCUT2D eigenvalue weighted by Crippen LogP contribution is 2.18. The Morgan fingerprint density at radius 1 is 1.33 bits per heavy atom. The van der Waals surface area contributed by atoms with Gasteiger partial charge in [0, 0.05) is 19.2 Å². The number of methoxy groups -OCH3 is 1. The van der Waals surface area contributed by atoms with Gasteiger partial charge in [0.05, 0.1) is 20.2 Å². The summed E-state index contributed by atoms with van der Waals surface area (Å²) in [5.41, 5.74) is 0.952. The van der Waals surface area contributed by atoms with Crippen molar-refractivity contribution in [3.05, 3.63) is 30.1 Å². The van der Waals surface area contributed by atoms with Crippen molar-refractivity contribution in [1.29, 1.82) is 0 Å². The molecule has 1 aromatic carbocycles. The molecule has 1 aliphatic heterocycles. The minimum Gasteiger partial charge on any atom is -0.497 e. The molecule has 3 rings (SSSR count). The van der Waals surface area contributed by atoms with Crippen molar-refractivity contribution < 1.29 is 4.74 Å². The molecule has 0 fully saturated rings. The van der Waals surface area contributed by atoms with Gasteiger partial charge in [-0.05, 0) is 24.3 Å². The average Bonchev–Trinajstić information content (AvgIpc) is 3.14. The van der Waals surface area contributed by atoms with E-state index in [0.29, 0.717) is 12.4 Å². The van der Waals surface area contributed by atoms with E-state index < -0.39 is 0 Å². The maximum atomic E-state index is 5.14. The zero-order valence-corrected chi connectivity index (χ0v) is 12.1. The lowest BCUT2D eigenvalue weighted by molar-refractivity contribution is 0.415. The van der Waals surface area contributed by atoms with Gasteiger partial charge in [0.25, 0.3) is 0 Å². The topological polar surface area (TPSA) is 78.4 Å². The van der Waals surface area contributed by atoms with E-state index in [1.807, 2.05) is 31.3 Å². The smallest absolute Gasteiger partial charge is 0.194 e. The number of ether oxygens (including phenoxy) is 1. The Kier molecular flexibility index (Phi) is 3.72. The van der Waals surface area contributed by atoms with E-state index in [4.69, 9.17) is 4.74 Å². The third-order valence-corrected chi connectivity index (χ3v) is 3.35. The molecule has 0 bridgehead atoms. The molecule has 0 saturated heterocycles. The van der Waals surface area contributed by atoms with E-state index in [1.165, 1.54) is 0 Å². The monoisotopic (exact) mass is 286 g/mol. The summed E-state index contributed by atoms with van der Waals surface area (Å²) in [6.07, 6.45) is 0. The Balaban J connectivity index is 1.65. The quantitative estimate of drug-likeness (QED) is 0.872. The van der Waals surface area contributed by atoms with E-state index in [2.05, 4.69) is 30.4 Å². The standard InChI is InChI=1S/C14H18N6O/c1-20-8-7-15-14(20)16-9-12-17-13(19-18-12)10-3-5-11(21-2)6-4-10/h3-6H,7-9H2,1-2H3,(H,15,16)(H,17,18,19). The second-order valence-electron chi connectivity index (χ2n) is 4.81. The number of likely N-dealkylation sites (N-methyl/N-ethyl adjacent to an activating group) is 1. The van der Waals surface area contributed by atoms with E-state index in [9.17, 15) is 0 Å². The average molecular weight is 286 g/mol. The number of aliphatic imine (C=N–C) groups is 1. The van der Waals surface area contributed by atoms with Crippen molar-refractivity contribution in [3.63, 3.8) is 0 Å². The molecular weight excluding hydrogens is 268 g/mol. The van der Waals surface area contributed by atoms with Gasteiger partial charge in [0.1, 0.15) is 11.6 Å². The maximum absolute atomic E-state index is 5.14. The zero-order valence-electron chi connectivity index (χ0n) is 12.1. The summed E-state index contributed by atoms with van der Waals surface area (Å²) >= 11 is 0. The summed E-state index contributed by atoms with van der Waals surface area (Å²) < 4.78 is 5.14. The zero-order chi connectivity index (χ0) is 14.7. The fourth-order valence-electron chi connectivity index (χ4n) is 2.13. The molecular formula is C14H18N6O. The van der Waals surface area contributed by atoms with Gasteiger partial charge in [-0.25, -0.2) is 4.98 Å². The molecule has 110 valence electrons. The minimum absolute atomic E-state index is 0.576. The van der Waals surface area contributed by atoms with Gasteiger partial charge < -0.3 is 15.0 Å². The van der Waals surface area contributed by atoms with Gasteiger partial charge in [-0.3, -0.25) is 10.1 Å². The van der Waals surface area contributed by atoms with Crippen LogP contribution in [-0.4, -0.2) is 53.3 Å². The van der Waals surface area contributed by atoms with Crippen LogP contribution in [0.5, 0.6) is 5.75 Å². The van der Waals surface area contributed by atoms with Crippen molar-refractivity contribution in [3.8, 4) is 17.1 Å². The molecule has 0 spiro atoms. The van der Waals surface area contributed by atoms with Crippen molar-refractivity contribution in [1.82, 2.24) is 25.4 Å². The molecule has 7 nitrogen and oxygen atoms in total. The summed E-state index contributed by atoms with van der Waals surface area (Å²) in [7, 11) is 3.66. The first-order valence-electron chi connectivity index (χ1n) is 6.81. The lowest BCUT2D eigenvalue weighted by Crippen LogP contribution is -2.35. The number of hydrogen-bond acceptors (Lipinski definition) is 6. The number of H-pyrrole nitrogens is 1. The van der Waals surface area contributed by atoms with Crippen LogP contribution in [0.3, 0.4) is 0 Å². The summed E-state index contributed by atoms with van der Waals surface area (Å²) in [5, 5.41) is 10.4. The highest BCUT2D eigenvalue weighted by atomic mass is 16.5. The Morgan fingerprint density at radius 2 is 2.14 bits per heavy atom. The summed E-state index contributed by atoms with van der Waals surface area (Å²) in [6.45, 7) is 2.37. The van der Waals surface area contributed by atoms with E-state index >= 15 is 0 Å². The summed E-state index contributed by atoms with van der Waals surface area (Å²) in [4.78, 5) is 10.9. The molecule has 0 atom stereocenters. The van der Waals surface area contributed by atoms with Crippen LogP contribution in [0.15, 0.2) is 29.3 Å². The molecule has 0 amide bonds. The molecule has 1 aromatic heterocycles. The molecule has 1 aliphatic rings. The Morgan fingerprint density at radius 3 is 2.81 bits per heavy atom. The number of aromatic amines is 1. The first kappa shape index (κ1) is 13.4. The molecule has 0 radical (unpaired) electrons. The second-order valence-corrected chi connectivity index (χ2v) is 4.81. The first-order valence-corrected chi connectivity index (χ1v) is 6.81. The number of aromatic nitrogens is 3. The van der Waals surface area contributed by atoms with Gasteiger partial charge in [-0.1, -0.05) is 0 Å².